The Morgan fingerprint density at radius 1 is 0.875 bits per heavy atom. The van der Waals surface area contributed by atoms with Gasteiger partial charge >= 0.3 is 5.91 Å². The number of methoxy groups -OCH3 is 1. The molecule has 1 fully saturated rings. The maximum atomic E-state index is 13.6. The van der Waals surface area contributed by atoms with Crippen LogP contribution in [0.2, 0.25) is 0 Å². The van der Waals surface area contributed by atoms with Gasteiger partial charge in [-0.2, -0.15) is 0 Å². The van der Waals surface area contributed by atoms with Crippen molar-refractivity contribution >= 4 is 44.1 Å². The van der Waals surface area contributed by atoms with Crippen molar-refractivity contribution in [2.75, 3.05) is 12.0 Å². The minimum atomic E-state index is -0.938. The lowest BCUT2D eigenvalue weighted by atomic mass is 9.95. The zero-order chi connectivity index (χ0) is 27.8. The Kier molecular flexibility index (Phi) is 6.53. The summed E-state index contributed by atoms with van der Waals surface area (Å²) in [4.78, 5) is 33.3. The Morgan fingerprint density at radius 2 is 1.62 bits per heavy atom. The number of aromatic nitrogens is 1. The molecule has 198 valence electrons. The molecule has 0 radical (unpaired) electrons. The molecule has 1 aliphatic heterocycles. The van der Waals surface area contributed by atoms with Gasteiger partial charge in [0, 0.05) is 5.56 Å². The Bertz CT molecular complexity index is 1790. The highest BCUT2D eigenvalue weighted by Gasteiger charge is 2.48. The molecule has 1 atom stereocenters. The third-order valence-electron chi connectivity index (χ3n) is 6.68. The predicted molar refractivity (Wildman–Crippen MR) is 155 cm³/mol. The molecule has 5 aromatic rings. The maximum absolute atomic E-state index is 13.6. The number of fused-ring (bicyclic) bond motifs is 1. The number of benzene rings is 4. The molecule has 1 N–H and O–H groups in total. The van der Waals surface area contributed by atoms with Crippen molar-refractivity contribution in [2.24, 2.45) is 0 Å². The van der Waals surface area contributed by atoms with Gasteiger partial charge in [0.05, 0.1) is 28.9 Å². The Morgan fingerprint density at radius 3 is 2.42 bits per heavy atom. The van der Waals surface area contributed by atoms with Crippen molar-refractivity contribution in [1.29, 1.82) is 0 Å². The number of carbonyl (C=O) groups is 2. The van der Waals surface area contributed by atoms with E-state index in [1.54, 1.807) is 48.5 Å². The van der Waals surface area contributed by atoms with Crippen molar-refractivity contribution < 1.29 is 24.2 Å². The van der Waals surface area contributed by atoms with E-state index in [1.807, 2.05) is 55.5 Å². The summed E-state index contributed by atoms with van der Waals surface area (Å²) in [6.45, 7) is 1.98. The van der Waals surface area contributed by atoms with Gasteiger partial charge in [0.15, 0.2) is 5.13 Å². The number of Topliss-reactive ketones (excluding diaryl/α,β-unsaturated/α-hetero) is 1. The fourth-order valence-electron chi connectivity index (χ4n) is 4.77. The Hall–Kier alpha value is -4.95. The minimum Gasteiger partial charge on any atom is -0.507 e. The number of hydrogen-bond acceptors (Lipinski definition) is 7. The zero-order valence-electron chi connectivity index (χ0n) is 21.7. The van der Waals surface area contributed by atoms with E-state index in [9.17, 15) is 14.7 Å². The first-order valence-electron chi connectivity index (χ1n) is 12.6. The molecule has 2 heterocycles. The van der Waals surface area contributed by atoms with Crippen LogP contribution in [-0.2, 0) is 9.59 Å². The molecule has 0 spiro atoms. The number of nitrogens with zero attached hydrogens (tertiary/aromatic N) is 2. The molecular formula is C32H24N2O5S. The van der Waals surface area contributed by atoms with Crippen LogP contribution in [-0.4, -0.2) is 28.9 Å². The first-order chi connectivity index (χ1) is 19.4. The lowest BCUT2D eigenvalue weighted by molar-refractivity contribution is -0.132. The molecule has 0 bridgehead atoms. The summed E-state index contributed by atoms with van der Waals surface area (Å²) in [5, 5.41) is 11.8. The second kappa shape index (κ2) is 10.3. The highest BCUT2D eigenvalue weighted by atomic mass is 32.1. The van der Waals surface area contributed by atoms with E-state index >= 15 is 0 Å². The van der Waals surface area contributed by atoms with Crippen molar-refractivity contribution in [2.45, 2.75) is 13.0 Å². The number of para-hydroxylation sites is 1. The molecule has 4 aromatic carbocycles. The average molecular weight is 549 g/mol. The largest absolute Gasteiger partial charge is 0.507 e. The molecule has 40 heavy (non-hydrogen) atoms. The van der Waals surface area contributed by atoms with Crippen LogP contribution in [0.4, 0.5) is 5.13 Å². The number of aliphatic hydroxyl groups excluding tert-OH is 1. The maximum Gasteiger partial charge on any atom is 0.301 e. The Balaban J connectivity index is 1.53. The van der Waals surface area contributed by atoms with Crippen LogP contribution in [0.25, 0.3) is 16.0 Å². The second-order valence-electron chi connectivity index (χ2n) is 9.36. The third-order valence-corrected chi connectivity index (χ3v) is 7.70. The molecule has 7 nitrogen and oxygen atoms in total. The van der Waals surface area contributed by atoms with Gasteiger partial charge in [-0.05, 0) is 66.6 Å². The molecule has 0 aliphatic carbocycles. The van der Waals surface area contributed by atoms with E-state index < -0.39 is 17.7 Å². The van der Waals surface area contributed by atoms with Crippen LogP contribution < -0.4 is 14.4 Å². The number of rotatable bonds is 6. The number of ether oxygens (including phenoxy) is 2. The summed E-state index contributed by atoms with van der Waals surface area (Å²) in [5.41, 5.74) is 2.70. The fourth-order valence-corrected chi connectivity index (χ4v) is 5.86. The van der Waals surface area contributed by atoms with Crippen molar-refractivity contribution in [3.8, 4) is 17.2 Å². The second-order valence-corrected chi connectivity index (χ2v) is 10.4. The van der Waals surface area contributed by atoms with E-state index in [-0.39, 0.29) is 11.3 Å². The van der Waals surface area contributed by atoms with Gasteiger partial charge in [0.2, 0.25) is 0 Å². The Labute approximate surface area is 234 Å². The summed E-state index contributed by atoms with van der Waals surface area (Å²) >= 11 is 1.32. The van der Waals surface area contributed by atoms with Crippen LogP contribution in [0.3, 0.4) is 0 Å². The molecular weight excluding hydrogens is 524 g/mol. The smallest absolute Gasteiger partial charge is 0.301 e. The number of hydrogen-bond donors (Lipinski definition) is 1. The van der Waals surface area contributed by atoms with Gasteiger partial charge in [-0.15, -0.1) is 0 Å². The summed E-state index contributed by atoms with van der Waals surface area (Å²) < 4.78 is 12.3. The van der Waals surface area contributed by atoms with Gasteiger partial charge in [-0.3, -0.25) is 14.5 Å². The first-order valence-corrected chi connectivity index (χ1v) is 13.4. The molecule has 1 amide bonds. The third kappa shape index (κ3) is 4.58. The lowest BCUT2D eigenvalue weighted by Gasteiger charge is -2.23. The van der Waals surface area contributed by atoms with Gasteiger partial charge in [-0.25, -0.2) is 4.98 Å². The molecule has 6 rings (SSSR count). The van der Waals surface area contributed by atoms with Gasteiger partial charge in [0.1, 0.15) is 23.0 Å². The first kappa shape index (κ1) is 25.3. The average Bonchev–Trinajstić information content (AvgIpc) is 3.50. The molecule has 1 unspecified atom stereocenters. The molecule has 1 saturated heterocycles. The van der Waals surface area contributed by atoms with E-state index in [0.717, 1.165) is 15.8 Å². The number of carbonyl (C=O) groups excluding carboxylic acids is 2. The number of thiazole rings is 1. The van der Waals surface area contributed by atoms with E-state index in [2.05, 4.69) is 0 Å². The van der Waals surface area contributed by atoms with Gasteiger partial charge in [0.25, 0.3) is 5.78 Å². The lowest BCUT2D eigenvalue weighted by Crippen LogP contribution is -2.29. The predicted octanol–water partition coefficient (Wildman–Crippen LogP) is 7.03. The van der Waals surface area contributed by atoms with E-state index in [4.69, 9.17) is 14.5 Å². The van der Waals surface area contributed by atoms with E-state index in [0.29, 0.717) is 33.5 Å². The number of amides is 1. The molecule has 1 aromatic heterocycles. The normalized spacial score (nSPS) is 16.4. The van der Waals surface area contributed by atoms with Crippen molar-refractivity contribution in [3.05, 3.63) is 119 Å². The quantitative estimate of drug-likeness (QED) is 0.139. The van der Waals surface area contributed by atoms with Crippen LogP contribution in [0.5, 0.6) is 17.2 Å². The topological polar surface area (TPSA) is 89.0 Å². The minimum absolute atomic E-state index is 0.0365. The molecule has 8 heteroatoms. The molecule has 0 saturated carbocycles. The number of ketones is 1. The number of anilines is 1. The highest BCUT2D eigenvalue weighted by Crippen LogP contribution is 2.45. The SMILES string of the molecule is COc1cccc(C(O)=C2C(=O)C(=O)N(c3nc4ccc(C)cc4s3)C2c2cccc(Oc3ccccc3)c2)c1. The summed E-state index contributed by atoms with van der Waals surface area (Å²) in [7, 11) is 1.52. The van der Waals surface area contributed by atoms with Crippen molar-refractivity contribution in [1.82, 2.24) is 4.98 Å². The summed E-state index contributed by atoms with van der Waals surface area (Å²) in [6.07, 6.45) is 0. The summed E-state index contributed by atoms with van der Waals surface area (Å²) in [6, 6.07) is 28.1. The van der Waals surface area contributed by atoms with Crippen LogP contribution >= 0.6 is 11.3 Å². The monoisotopic (exact) mass is 548 g/mol. The van der Waals surface area contributed by atoms with Crippen LogP contribution in [0.1, 0.15) is 22.7 Å². The van der Waals surface area contributed by atoms with Crippen molar-refractivity contribution in [3.63, 3.8) is 0 Å². The van der Waals surface area contributed by atoms with E-state index in [1.165, 1.54) is 23.3 Å². The number of aliphatic hydroxyl groups is 1. The zero-order valence-corrected chi connectivity index (χ0v) is 22.5. The molecule has 1 aliphatic rings. The van der Waals surface area contributed by atoms with Gasteiger partial charge in [-0.1, -0.05) is 59.9 Å². The summed E-state index contributed by atoms with van der Waals surface area (Å²) in [5.74, 6) is -0.178. The van der Waals surface area contributed by atoms with Crippen LogP contribution in [0.15, 0.2) is 103 Å². The highest BCUT2D eigenvalue weighted by molar-refractivity contribution is 7.22. The van der Waals surface area contributed by atoms with Gasteiger partial charge < -0.3 is 14.6 Å². The number of aryl methyl sites for hydroxylation is 1. The van der Waals surface area contributed by atoms with Crippen LogP contribution in [0, 0.1) is 6.92 Å². The fraction of sp³-hybridized carbons (Fsp3) is 0.0938. The standard InChI is InChI=1S/C32H24N2O5S/c1-19-14-15-25-26(16-19)40-32(33-25)34-28(20-8-6-13-24(17-20)39-22-10-4-3-5-11-22)27(30(36)31(34)37)29(35)21-9-7-12-23(18-21)38-2/h3-18,28,35H,1-2H3.